The molecule has 0 spiro atoms. The first kappa shape index (κ1) is 13.8. The average Bonchev–Trinajstić information content (AvgIpc) is 2.28. The summed E-state index contributed by atoms with van der Waals surface area (Å²) < 4.78 is 0. The normalized spacial score (nSPS) is 15.9. The van der Waals surface area contributed by atoms with E-state index >= 15 is 0 Å². The van der Waals surface area contributed by atoms with Crippen molar-refractivity contribution < 1.29 is 0 Å². The number of nitrogens with one attached hydrogen (secondary N) is 2. The SMILES string of the molecule is C1CNCCN1.NCCCCCCN. The van der Waals surface area contributed by atoms with Gasteiger partial charge in [0.2, 0.25) is 0 Å². The van der Waals surface area contributed by atoms with Crippen LogP contribution in [-0.4, -0.2) is 39.3 Å². The van der Waals surface area contributed by atoms with E-state index < -0.39 is 0 Å². The van der Waals surface area contributed by atoms with Gasteiger partial charge in [0.15, 0.2) is 0 Å². The minimum atomic E-state index is 0.824. The zero-order valence-corrected chi connectivity index (χ0v) is 9.23. The van der Waals surface area contributed by atoms with E-state index in [9.17, 15) is 0 Å². The van der Waals surface area contributed by atoms with E-state index in [1.165, 1.54) is 12.8 Å². The van der Waals surface area contributed by atoms with E-state index in [2.05, 4.69) is 10.6 Å². The summed E-state index contributed by atoms with van der Waals surface area (Å²) in [4.78, 5) is 0. The Hall–Kier alpha value is -0.160. The quantitative estimate of drug-likeness (QED) is 0.459. The Bertz CT molecular complexity index is 76.6. The first-order valence-corrected chi connectivity index (χ1v) is 5.73. The number of nitrogens with two attached hydrogens (primary N) is 2. The summed E-state index contributed by atoms with van der Waals surface area (Å²) in [6.45, 7) is 6.20. The monoisotopic (exact) mass is 202 g/mol. The maximum atomic E-state index is 5.28. The molecule has 1 saturated heterocycles. The minimum absolute atomic E-state index is 0.824. The number of hydrogen-bond donors (Lipinski definition) is 4. The second-order valence-electron chi connectivity index (χ2n) is 3.49. The molecular weight excluding hydrogens is 176 g/mol. The van der Waals surface area contributed by atoms with Crippen molar-refractivity contribution in [3.05, 3.63) is 0 Å². The molecule has 0 amide bonds. The van der Waals surface area contributed by atoms with Gasteiger partial charge in [-0.1, -0.05) is 12.8 Å². The number of unbranched alkanes of at least 4 members (excludes halogenated alkanes) is 3. The van der Waals surface area contributed by atoms with E-state index in [0.29, 0.717) is 0 Å². The molecular formula is C10H26N4. The van der Waals surface area contributed by atoms with Crippen molar-refractivity contribution in [3.8, 4) is 0 Å². The lowest BCUT2D eigenvalue weighted by Crippen LogP contribution is -2.39. The predicted molar refractivity (Wildman–Crippen MR) is 62.3 cm³/mol. The van der Waals surface area contributed by atoms with Crippen molar-refractivity contribution in [1.29, 1.82) is 0 Å². The fourth-order valence-electron chi connectivity index (χ4n) is 1.25. The number of piperazine rings is 1. The van der Waals surface area contributed by atoms with Gasteiger partial charge in [-0.15, -0.1) is 0 Å². The van der Waals surface area contributed by atoms with Crippen molar-refractivity contribution in [1.82, 2.24) is 10.6 Å². The number of hydrogen-bond acceptors (Lipinski definition) is 4. The molecule has 14 heavy (non-hydrogen) atoms. The highest BCUT2D eigenvalue weighted by Crippen LogP contribution is 1.95. The van der Waals surface area contributed by atoms with Crippen molar-refractivity contribution in [2.24, 2.45) is 11.5 Å². The van der Waals surface area contributed by atoms with Crippen LogP contribution in [0.4, 0.5) is 0 Å². The lowest BCUT2D eigenvalue weighted by molar-refractivity contribution is 0.534. The molecule has 0 atom stereocenters. The maximum Gasteiger partial charge on any atom is 0.00772 e. The smallest absolute Gasteiger partial charge is 0.00772 e. The summed E-state index contributed by atoms with van der Waals surface area (Å²) in [6.07, 6.45) is 4.79. The fraction of sp³-hybridized carbons (Fsp3) is 1.00. The summed E-state index contributed by atoms with van der Waals surface area (Å²) in [7, 11) is 0. The van der Waals surface area contributed by atoms with Crippen LogP contribution in [0.2, 0.25) is 0 Å². The summed E-state index contributed by atoms with van der Waals surface area (Å²) in [5, 5.41) is 6.44. The van der Waals surface area contributed by atoms with E-state index in [4.69, 9.17) is 11.5 Å². The third-order valence-corrected chi connectivity index (χ3v) is 2.12. The lowest BCUT2D eigenvalue weighted by atomic mass is 10.2. The van der Waals surface area contributed by atoms with Crippen LogP contribution in [0.15, 0.2) is 0 Å². The van der Waals surface area contributed by atoms with Gasteiger partial charge in [-0.05, 0) is 25.9 Å². The highest BCUT2D eigenvalue weighted by molar-refractivity contribution is 4.59. The molecule has 0 radical (unpaired) electrons. The van der Waals surface area contributed by atoms with Gasteiger partial charge in [0, 0.05) is 26.2 Å². The highest BCUT2D eigenvalue weighted by atomic mass is 15.0. The zero-order valence-electron chi connectivity index (χ0n) is 9.23. The van der Waals surface area contributed by atoms with Gasteiger partial charge in [-0.25, -0.2) is 0 Å². The van der Waals surface area contributed by atoms with E-state index in [0.717, 1.165) is 52.1 Å². The summed E-state index contributed by atoms with van der Waals surface area (Å²) in [5.74, 6) is 0. The van der Waals surface area contributed by atoms with Crippen molar-refractivity contribution >= 4 is 0 Å². The molecule has 4 heteroatoms. The molecule has 6 N–H and O–H groups in total. The maximum absolute atomic E-state index is 5.28. The Labute approximate surface area is 87.8 Å². The topological polar surface area (TPSA) is 76.1 Å². The van der Waals surface area contributed by atoms with Crippen LogP contribution < -0.4 is 22.1 Å². The molecule has 0 unspecified atom stereocenters. The second-order valence-corrected chi connectivity index (χ2v) is 3.49. The standard InChI is InChI=1S/C6H16N2.C4H10N2/c7-5-3-1-2-4-6-8;1-2-6-4-3-5-1/h1-8H2;5-6H,1-4H2. The van der Waals surface area contributed by atoms with Crippen LogP contribution in [-0.2, 0) is 0 Å². The summed E-state index contributed by atoms with van der Waals surface area (Å²) in [5.41, 5.74) is 10.6. The van der Waals surface area contributed by atoms with Gasteiger partial charge >= 0.3 is 0 Å². The van der Waals surface area contributed by atoms with Crippen LogP contribution in [0.25, 0.3) is 0 Å². The lowest BCUT2D eigenvalue weighted by Gasteiger charge is -2.11. The molecule has 1 aliphatic rings. The van der Waals surface area contributed by atoms with Crippen molar-refractivity contribution in [2.75, 3.05) is 39.3 Å². The van der Waals surface area contributed by atoms with Crippen LogP contribution in [0, 0.1) is 0 Å². The van der Waals surface area contributed by atoms with Crippen LogP contribution in [0.1, 0.15) is 25.7 Å². The molecule has 1 fully saturated rings. The Kier molecular flexibility index (Phi) is 12.7. The van der Waals surface area contributed by atoms with Gasteiger partial charge in [-0.2, -0.15) is 0 Å². The van der Waals surface area contributed by atoms with Crippen molar-refractivity contribution in [3.63, 3.8) is 0 Å². The Morgan fingerprint density at radius 1 is 0.643 bits per heavy atom. The van der Waals surface area contributed by atoms with Crippen LogP contribution >= 0.6 is 0 Å². The molecule has 0 bridgehead atoms. The Balaban J connectivity index is 0.000000249. The predicted octanol–water partition coefficient (Wildman–Crippen LogP) is -0.357. The Morgan fingerprint density at radius 2 is 1.00 bits per heavy atom. The first-order chi connectivity index (χ1) is 6.91. The molecule has 0 aromatic rings. The van der Waals surface area contributed by atoms with E-state index in [1.807, 2.05) is 0 Å². The molecule has 86 valence electrons. The highest BCUT2D eigenvalue weighted by Gasteiger charge is 1.91. The average molecular weight is 202 g/mol. The van der Waals surface area contributed by atoms with Gasteiger partial charge in [0.05, 0.1) is 0 Å². The van der Waals surface area contributed by atoms with Crippen LogP contribution in [0.5, 0.6) is 0 Å². The molecule has 0 saturated carbocycles. The fourth-order valence-corrected chi connectivity index (χ4v) is 1.25. The minimum Gasteiger partial charge on any atom is -0.330 e. The van der Waals surface area contributed by atoms with Gasteiger partial charge in [-0.3, -0.25) is 0 Å². The molecule has 4 nitrogen and oxygen atoms in total. The van der Waals surface area contributed by atoms with E-state index in [-0.39, 0.29) is 0 Å². The van der Waals surface area contributed by atoms with Gasteiger partial charge in [0.25, 0.3) is 0 Å². The molecule has 1 aliphatic heterocycles. The molecule has 0 aromatic carbocycles. The number of rotatable bonds is 5. The molecule has 0 aromatic heterocycles. The van der Waals surface area contributed by atoms with Gasteiger partial charge < -0.3 is 22.1 Å². The molecule has 1 heterocycles. The Morgan fingerprint density at radius 3 is 1.21 bits per heavy atom. The van der Waals surface area contributed by atoms with Gasteiger partial charge in [0.1, 0.15) is 0 Å². The summed E-state index contributed by atoms with van der Waals surface area (Å²) >= 11 is 0. The zero-order chi connectivity index (χ0) is 10.5. The third kappa shape index (κ3) is 11.8. The second kappa shape index (κ2) is 12.8. The van der Waals surface area contributed by atoms with Crippen molar-refractivity contribution in [2.45, 2.75) is 25.7 Å². The molecule has 1 rings (SSSR count). The summed E-state index contributed by atoms with van der Waals surface area (Å²) in [6, 6.07) is 0. The largest absolute Gasteiger partial charge is 0.330 e. The first-order valence-electron chi connectivity index (χ1n) is 5.73. The molecule has 0 aliphatic carbocycles. The van der Waals surface area contributed by atoms with Crippen LogP contribution in [0.3, 0.4) is 0 Å². The van der Waals surface area contributed by atoms with E-state index in [1.54, 1.807) is 0 Å². The third-order valence-electron chi connectivity index (χ3n) is 2.12.